The van der Waals surface area contributed by atoms with Gasteiger partial charge in [-0.2, -0.15) is 0 Å². The van der Waals surface area contributed by atoms with E-state index >= 15 is 0 Å². The van der Waals surface area contributed by atoms with Gasteiger partial charge in [-0.05, 0) is 49.2 Å². The van der Waals surface area contributed by atoms with Gasteiger partial charge >= 0.3 is 5.97 Å². The van der Waals surface area contributed by atoms with Crippen molar-refractivity contribution < 1.29 is 18.7 Å². The van der Waals surface area contributed by atoms with Crippen molar-refractivity contribution in [2.24, 2.45) is 0 Å². The van der Waals surface area contributed by atoms with Crippen LogP contribution in [0.15, 0.2) is 53.0 Å². The summed E-state index contributed by atoms with van der Waals surface area (Å²) < 4.78 is 19.5. The van der Waals surface area contributed by atoms with Gasteiger partial charge in [0.15, 0.2) is 6.10 Å². The highest BCUT2D eigenvalue weighted by molar-refractivity contribution is 9.10. The molecule has 134 valence electrons. The fourth-order valence-corrected chi connectivity index (χ4v) is 3.23. The molecule has 6 heteroatoms. The van der Waals surface area contributed by atoms with Gasteiger partial charge in [0.2, 0.25) is 0 Å². The number of anilines is 1. The number of rotatable bonds is 4. The van der Waals surface area contributed by atoms with Crippen molar-refractivity contribution in [2.45, 2.75) is 19.4 Å². The smallest absolute Gasteiger partial charge is 0.331 e. The van der Waals surface area contributed by atoms with E-state index in [1.807, 2.05) is 24.3 Å². The van der Waals surface area contributed by atoms with E-state index < -0.39 is 17.9 Å². The number of amides is 1. The number of para-hydroxylation sites is 1. The van der Waals surface area contributed by atoms with Gasteiger partial charge in [0.25, 0.3) is 5.91 Å². The molecule has 2 aromatic rings. The molecule has 0 saturated carbocycles. The largest absolute Gasteiger partial charge is 0.449 e. The number of carbonyl (C=O) groups is 2. The van der Waals surface area contributed by atoms with Crippen molar-refractivity contribution in [1.29, 1.82) is 0 Å². The second kappa shape index (κ2) is 7.83. The number of nitrogens with zero attached hydrogens (tertiary/aromatic N) is 1. The molecule has 1 unspecified atom stereocenters. The molecule has 26 heavy (non-hydrogen) atoms. The molecule has 1 aliphatic rings. The second-order valence-corrected chi connectivity index (χ2v) is 6.86. The quantitative estimate of drug-likeness (QED) is 0.555. The molecular formula is C20H17BrFNO3. The highest BCUT2D eigenvalue weighted by Gasteiger charge is 2.29. The lowest BCUT2D eigenvalue weighted by Crippen LogP contribution is -2.38. The zero-order chi connectivity index (χ0) is 18.7. The van der Waals surface area contributed by atoms with Gasteiger partial charge in [0.05, 0.1) is 0 Å². The van der Waals surface area contributed by atoms with Crippen LogP contribution in [0, 0.1) is 5.82 Å². The minimum Gasteiger partial charge on any atom is -0.449 e. The average molecular weight is 418 g/mol. The summed E-state index contributed by atoms with van der Waals surface area (Å²) >= 11 is 3.25. The van der Waals surface area contributed by atoms with E-state index in [0.717, 1.165) is 23.7 Å². The Morgan fingerprint density at radius 1 is 1.27 bits per heavy atom. The second-order valence-electron chi connectivity index (χ2n) is 5.95. The Balaban J connectivity index is 1.63. The van der Waals surface area contributed by atoms with Gasteiger partial charge < -0.3 is 9.64 Å². The third kappa shape index (κ3) is 4.02. The molecule has 0 fully saturated rings. The molecule has 0 aliphatic carbocycles. The van der Waals surface area contributed by atoms with E-state index in [1.165, 1.54) is 19.1 Å². The van der Waals surface area contributed by atoms with Crippen LogP contribution in [-0.2, 0) is 20.7 Å². The Bertz CT molecular complexity index is 881. The maximum absolute atomic E-state index is 13.7. The van der Waals surface area contributed by atoms with Crippen molar-refractivity contribution >= 4 is 39.6 Å². The third-order valence-corrected chi connectivity index (χ3v) is 4.64. The molecule has 0 N–H and O–H groups in total. The average Bonchev–Trinajstić information content (AvgIpc) is 3.05. The van der Waals surface area contributed by atoms with Crippen LogP contribution < -0.4 is 4.90 Å². The molecule has 0 radical (unpaired) electrons. The van der Waals surface area contributed by atoms with Gasteiger partial charge in [0, 0.05) is 28.3 Å². The van der Waals surface area contributed by atoms with Gasteiger partial charge in [-0.25, -0.2) is 9.18 Å². The van der Waals surface area contributed by atoms with E-state index in [4.69, 9.17) is 4.74 Å². The van der Waals surface area contributed by atoms with Gasteiger partial charge in [-0.3, -0.25) is 4.79 Å². The Morgan fingerprint density at radius 3 is 2.85 bits per heavy atom. The summed E-state index contributed by atoms with van der Waals surface area (Å²) in [4.78, 5) is 26.2. The Morgan fingerprint density at radius 2 is 2.04 bits per heavy atom. The van der Waals surface area contributed by atoms with Gasteiger partial charge in [-0.1, -0.05) is 34.1 Å². The molecule has 1 aliphatic heterocycles. The molecule has 1 amide bonds. The number of benzene rings is 2. The first kappa shape index (κ1) is 18.3. The summed E-state index contributed by atoms with van der Waals surface area (Å²) in [6, 6.07) is 12.1. The SMILES string of the molecule is CC(OC(=O)/C=C/c1cc(Br)ccc1F)C(=O)N1CCc2ccccc21. The zero-order valence-corrected chi connectivity index (χ0v) is 15.7. The first-order chi connectivity index (χ1) is 12.5. The molecule has 4 nitrogen and oxygen atoms in total. The van der Waals surface area contributed by atoms with Crippen molar-refractivity contribution in [3.05, 3.63) is 70.0 Å². The lowest BCUT2D eigenvalue weighted by Gasteiger charge is -2.21. The maximum Gasteiger partial charge on any atom is 0.331 e. The molecule has 2 aromatic carbocycles. The summed E-state index contributed by atoms with van der Waals surface area (Å²) in [5.41, 5.74) is 2.21. The van der Waals surface area contributed by atoms with Crippen LogP contribution in [-0.4, -0.2) is 24.5 Å². The summed E-state index contributed by atoms with van der Waals surface area (Å²) in [5, 5.41) is 0. The predicted octanol–water partition coefficient (Wildman–Crippen LogP) is 4.12. The van der Waals surface area contributed by atoms with Crippen LogP contribution in [0.5, 0.6) is 0 Å². The van der Waals surface area contributed by atoms with Gasteiger partial charge in [0.1, 0.15) is 5.82 Å². The predicted molar refractivity (Wildman–Crippen MR) is 101 cm³/mol. The highest BCUT2D eigenvalue weighted by Crippen LogP contribution is 2.28. The van der Waals surface area contributed by atoms with Crippen LogP contribution >= 0.6 is 15.9 Å². The topological polar surface area (TPSA) is 46.6 Å². The molecule has 1 atom stereocenters. The molecule has 3 rings (SSSR count). The summed E-state index contributed by atoms with van der Waals surface area (Å²) in [5.74, 6) is -1.42. The van der Waals surface area contributed by atoms with Crippen molar-refractivity contribution in [3.8, 4) is 0 Å². The number of hydrogen-bond donors (Lipinski definition) is 0. The molecule has 1 heterocycles. The molecule has 0 saturated heterocycles. The van der Waals surface area contributed by atoms with Crippen molar-refractivity contribution in [3.63, 3.8) is 0 Å². The number of ether oxygens (including phenoxy) is 1. The van der Waals surface area contributed by atoms with E-state index in [-0.39, 0.29) is 11.5 Å². The fraction of sp³-hybridized carbons (Fsp3) is 0.200. The molecule has 0 aromatic heterocycles. The van der Waals surface area contributed by atoms with Crippen molar-refractivity contribution in [1.82, 2.24) is 0 Å². The van der Waals surface area contributed by atoms with E-state index in [1.54, 1.807) is 17.0 Å². The van der Waals surface area contributed by atoms with E-state index in [2.05, 4.69) is 15.9 Å². The fourth-order valence-electron chi connectivity index (χ4n) is 2.85. The van der Waals surface area contributed by atoms with E-state index in [9.17, 15) is 14.0 Å². The number of hydrogen-bond acceptors (Lipinski definition) is 3. The standard InChI is InChI=1S/C20H17BrFNO3/c1-13(20(25)23-11-10-14-4-2-3-5-18(14)23)26-19(24)9-6-15-12-16(21)7-8-17(15)22/h2-9,12-13H,10-11H2,1H3/b9-6+. The Labute approximate surface area is 159 Å². The minimum atomic E-state index is -0.925. The number of halogens is 2. The number of fused-ring (bicyclic) bond motifs is 1. The monoisotopic (exact) mass is 417 g/mol. The Kier molecular flexibility index (Phi) is 5.52. The summed E-state index contributed by atoms with van der Waals surface area (Å²) in [6.45, 7) is 2.11. The number of carbonyl (C=O) groups excluding carboxylic acids is 2. The van der Waals surface area contributed by atoms with Crippen molar-refractivity contribution in [2.75, 3.05) is 11.4 Å². The normalized spacial score (nSPS) is 14.3. The number of esters is 1. The molecular weight excluding hydrogens is 401 g/mol. The van der Waals surface area contributed by atoms with Crippen LogP contribution in [0.2, 0.25) is 0 Å². The zero-order valence-electron chi connectivity index (χ0n) is 14.1. The maximum atomic E-state index is 13.7. The van der Waals surface area contributed by atoms with Crippen LogP contribution in [0.4, 0.5) is 10.1 Å². The lowest BCUT2D eigenvalue weighted by molar-refractivity contribution is -0.149. The van der Waals surface area contributed by atoms with E-state index in [0.29, 0.717) is 11.0 Å². The van der Waals surface area contributed by atoms with Crippen LogP contribution in [0.3, 0.4) is 0 Å². The summed E-state index contributed by atoms with van der Waals surface area (Å²) in [7, 11) is 0. The first-order valence-corrected chi connectivity index (χ1v) is 8.98. The lowest BCUT2D eigenvalue weighted by atomic mass is 10.2. The third-order valence-electron chi connectivity index (χ3n) is 4.15. The van der Waals surface area contributed by atoms with Gasteiger partial charge in [-0.15, -0.1) is 0 Å². The summed E-state index contributed by atoms with van der Waals surface area (Å²) in [6.07, 6.45) is 2.30. The minimum absolute atomic E-state index is 0.253. The first-order valence-electron chi connectivity index (χ1n) is 8.19. The van der Waals surface area contributed by atoms with Crippen LogP contribution in [0.1, 0.15) is 18.1 Å². The Hall–Kier alpha value is -2.47. The molecule has 0 bridgehead atoms. The highest BCUT2D eigenvalue weighted by atomic mass is 79.9. The molecule has 0 spiro atoms. The van der Waals surface area contributed by atoms with Crippen LogP contribution in [0.25, 0.3) is 6.08 Å².